The Labute approximate surface area is 63.1 Å². The van der Waals surface area contributed by atoms with Gasteiger partial charge < -0.3 is 4.79 Å². The van der Waals surface area contributed by atoms with Gasteiger partial charge in [0.2, 0.25) is 0 Å². The van der Waals surface area contributed by atoms with Crippen molar-refractivity contribution in [1.82, 2.24) is 0 Å². The molecule has 1 heteroatoms. The molecule has 0 rings (SSSR count). The average molecular weight is 140 g/mol. The molecule has 0 N–H and O–H groups in total. The number of carbonyl (C=O) groups excluding carboxylic acids is 1. The minimum atomic E-state index is 0.614. The molecule has 1 atom stereocenters. The minimum Gasteiger partial charge on any atom is -0.303 e. The third kappa shape index (κ3) is 5.54. The van der Waals surface area contributed by atoms with E-state index in [-0.39, 0.29) is 0 Å². The number of carbonyl (C=O) groups is 1. The molecule has 10 heavy (non-hydrogen) atoms. The topological polar surface area (TPSA) is 17.1 Å². The van der Waals surface area contributed by atoms with Gasteiger partial charge in [-0.2, -0.15) is 0 Å². The lowest BCUT2D eigenvalue weighted by Crippen LogP contribution is -1.94. The quantitative estimate of drug-likeness (QED) is 0.423. The molecule has 0 bridgehead atoms. The molecule has 0 aliphatic carbocycles. The van der Waals surface area contributed by atoms with Crippen LogP contribution in [0.5, 0.6) is 0 Å². The number of aldehydes is 1. The van der Waals surface area contributed by atoms with Crippen molar-refractivity contribution >= 4 is 6.29 Å². The van der Waals surface area contributed by atoms with Gasteiger partial charge in [0.05, 0.1) is 0 Å². The van der Waals surface area contributed by atoms with Crippen LogP contribution in [0.15, 0.2) is 12.2 Å². The summed E-state index contributed by atoms with van der Waals surface area (Å²) in [4.78, 5) is 9.97. The Kier molecular flexibility index (Phi) is 4.91. The van der Waals surface area contributed by atoms with E-state index >= 15 is 0 Å². The molecular weight excluding hydrogens is 124 g/mol. The molecule has 1 nitrogen and oxygen atoms in total. The van der Waals surface area contributed by atoms with Crippen LogP contribution >= 0.6 is 0 Å². The molecular formula is C9H16O. The summed E-state index contributed by atoms with van der Waals surface area (Å²) in [7, 11) is 0. The van der Waals surface area contributed by atoms with E-state index < -0.39 is 0 Å². The SMILES string of the molecule is C=C(C)CC(C)CCC=O. The van der Waals surface area contributed by atoms with E-state index in [4.69, 9.17) is 0 Å². The fraction of sp³-hybridized carbons (Fsp3) is 0.667. The fourth-order valence-electron chi connectivity index (χ4n) is 1.05. The first kappa shape index (κ1) is 9.41. The van der Waals surface area contributed by atoms with Crippen molar-refractivity contribution in [1.29, 1.82) is 0 Å². The summed E-state index contributed by atoms with van der Waals surface area (Å²) in [5, 5.41) is 0. The van der Waals surface area contributed by atoms with Crippen LogP contribution in [0.4, 0.5) is 0 Å². The molecule has 1 unspecified atom stereocenters. The monoisotopic (exact) mass is 140 g/mol. The molecule has 0 spiro atoms. The predicted molar refractivity (Wildman–Crippen MR) is 43.9 cm³/mol. The van der Waals surface area contributed by atoms with Gasteiger partial charge in [0, 0.05) is 6.42 Å². The van der Waals surface area contributed by atoms with Crippen LogP contribution in [0.3, 0.4) is 0 Å². The summed E-state index contributed by atoms with van der Waals surface area (Å²) in [6, 6.07) is 0. The predicted octanol–water partition coefficient (Wildman–Crippen LogP) is 2.57. The summed E-state index contributed by atoms with van der Waals surface area (Å²) in [6.07, 6.45) is 3.72. The molecule has 0 saturated heterocycles. The Balaban J connectivity index is 3.33. The second-order valence-corrected chi connectivity index (χ2v) is 3.01. The van der Waals surface area contributed by atoms with Gasteiger partial charge in [-0.15, -0.1) is 6.58 Å². The lowest BCUT2D eigenvalue weighted by molar-refractivity contribution is -0.108. The van der Waals surface area contributed by atoms with Gasteiger partial charge in [-0.25, -0.2) is 0 Å². The second-order valence-electron chi connectivity index (χ2n) is 3.01. The summed E-state index contributed by atoms with van der Waals surface area (Å²) in [5.74, 6) is 0.614. The molecule has 0 aromatic carbocycles. The zero-order valence-corrected chi connectivity index (χ0v) is 6.89. The third-order valence-corrected chi connectivity index (χ3v) is 1.47. The molecule has 58 valence electrons. The van der Waals surface area contributed by atoms with Crippen molar-refractivity contribution in [3.05, 3.63) is 12.2 Å². The van der Waals surface area contributed by atoms with Gasteiger partial charge in [0.15, 0.2) is 0 Å². The van der Waals surface area contributed by atoms with Gasteiger partial charge >= 0.3 is 0 Å². The van der Waals surface area contributed by atoms with E-state index in [1.165, 1.54) is 5.57 Å². The van der Waals surface area contributed by atoms with E-state index in [1.54, 1.807) is 0 Å². The minimum absolute atomic E-state index is 0.614. The van der Waals surface area contributed by atoms with Crippen molar-refractivity contribution in [2.45, 2.75) is 33.1 Å². The first-order valence-corrected chi connectivity index (χ1v) is 3.74. The van der Waals surface area contributed by atoms with Gasteiger partial charge in [-0.1, -0.05) is 12.5 Å². The van der Waals surface area contributed by atoms with E-state index in [1.807, 2.05) is 6.92 Å². The highest BCUT2D eigenvalue weighted by molar-refractivity contribution is 5.49. The Bertz CT molecular complexity index is 116. The van der Waals surface area contributed by atoms with Crippen molar-refractivity contribution in [3.63, 3.8) is 0 Å². The highest BCUT2D eigenvalue weighted by Crippen LogP contribution is 2.13. The van der Waals surface area contributed by atoms with Crippen molar-refractivity contribution < 1.29 is 4.79 Å². The molecule has 0 saturated carbocycles. The van der Waals surface area contributed by atoms with Crippen LogP contribution in [0.25, 0.3) is 0 Å². The fourth-order valence-corrected chi connectivity index (χ4v) is 1.05. The molecule has 0 heterocycles. The summed E-state index contributed by atoms with van der Waals surface area (Å²) in [6.45, 7) is 7.99. The van der Waals surface area contributed by atoms with Crippen LogP contribution in [0.1, 0.15) is 33.1 Å². The van der Waals surface area contributed by atoms with E-state index in [0.717, 1.165) is 19.1 Å². The van der Waals surface area contributed by atoms with Gasteiger partial charge in [0.25, 0.3) is 0 Å². The van der Waals surface area contributed by atoms with Crippen LogP contribution in [-0.2, 0) is 4.79 Å². The van der Waals surface area contributed by atoms with Gasteiger partial charge in [-0.3, -0.25) is 0 Å². The van der Waals surface area contributed by atoms with Gasteiger partial charge in [-0.05, 0) is 25.7 Å². The Hall–Kier alpha value is -0.590. The maximum absolute atomic E-state index is 9.97. The normalized spacial score (nSPS) is 12.6. The van der Waals surface area contributed by atoms with Crippen molar-refractivity contribution in [2.75, 3.05) is 0 Å². The lowest BCUT2D eigenvalue weighted by atomic mass is 9.99. The van der Waals surface area contributed by atoms with E-state index in [0.29, 0.717) is 12.3 Å². The maximum atomic E-state index is 9.97. The zero-order chi connectivity index (χ0) is 7.98. The molecule has 0 fully saturated rings. The average Bonchev–Trinajstić information content (AvgIpc) is 1.82. The molecule has 0 aromatic rings. The van der Waals surface area contributed by atoms with Crippen molar-refractivity contribution in [2.24, 2.45) is 5.92 Å². The Morgan fingerprint density at radius 1 is 1.70 bits per heavy atom. The summed E-state index contributed by atoms with van der Waals surface area (Å²) in [5.41, 5.74) is 1.21. The Morgan fingerprint density at radius 2 is 2.30 bits per heavy atom. The van der Waals surface area contributed by atoms with Crippen LogP contribution in [0.2, 0.25) is 0 Å². The van der Waals surface area contributed by atoms with Crippen LogP contribution in [0, 0.1) is 5.92 Å². The van der Waals surface area contributed by atoms with Gasteiger partial charge in [0.1, 0.15) is 6.29 Å². The van der Waals surface area contributed by atoms with Crippen molar-refractivity contribution in [3.8, 4) is 0 Å². The molecule has 0 aliphatic rings. The zero-order valence-electron chi connectivity index (χ0n) is 6.89. The molecule has 0 aliphatic heterocycles. The summed E-state index contributed by atoms with van der Waals surface area (Å²) >= 11 is 0. The number of hydrogen-bond donors (Lipinski definition) is 0. The molecule has 0 aromatic heterocycles. The van der Waals surface area contributed by atoms with Crippen LogP contribution < -0.4 is 0 Å². The highest BCUT2D eigenvalue weighted by Gasteiger charge is 2.00. The first-order chi connectivity index (χ1) is 4.66. The largest absolute Gasteiger partial charge is 0.303 e. The smallest absolute Gasteiger partial charge is 0.120 e. The first-order valence-electron chi connectivity index (χ1n) is 3.74. The maximum Gasteiger partial charge on any atom is 0.120 e. The Morgan fingerprint density at radius 3 is 2.70 bits per heavy atom. The molecule has 0 radical (unpaired) electrons. The second kappa shape index (κ2) is 5.21. The standard InChI is InChI=1S/C9H16O/c1-8(2)7-9(3)5-4-6-10/h6,9H,1,4-5,7H2,2-3H3. The van der Waals surface area contributed by atoms with E-state index in [2.05, 4.69) is 13.5 Å². The third-order valence-electron chi connectivity index (χ3n) is 1.47. The number of allylic oxidation sites excluding steroid dienone is 1. The molecule has 0 amide bonds. The number of rotatable bonds is 5. The highest BCUT2D eigenvalue weighted by atomic mass is 16.1. The van der Waals surface area contributed by atoms with E-state index in [9.17, 15) is 4.79 Å². The number of hydrogen-bond acceptors (Lipinski definition) is 1. The summed E-state index contributed by atoms with van der Waals surface area (Å²) < 4.78 is 0. The lowest BCUT2D eigenvalue weighted by Gasteiger charge is -2.07. The van der Waals surface area contributed by atoms with Crippen LogP contribution in [-0.4, -0.2) is 6.29 Å².